The number of nitrogens with one attached hydrogen (secondary N) is 2. The predicted octanol–water partition coefficient (Wildman–Crippen LogP) is 2.48. The summed E-state index contributed by atoms with van der Waals surface area (Å²) in [4.78, 5) is 8.84. The first-order valence-electron chi connectivity index (χ1n) is 6.66. The fraction of sp³-hybridized carbons (Fsp3) is 0.692. The van der Waals surface area contributed by atoms with E-state index in [4.69, 9.17) is 5.84 Å². The first kappa shape index (κ1) is 14.7. The molecule has 0 aromatic carbocycles. The fourth-order valence-electron chi connectivity index (χ4n) is 1.75. The van der Waals surface area contributed by atoms with Crippen molar-refractivity contribution in [2.75, 3.05) is 17.3 Å². The van der Waals surface area contributed by atoms with Gasteiger partial charge >= 0.3 is 0 Å². The standard InChI is InChI=1S/C13H25N5/c1-5-11-16-12(10(4)13(17-11)18-14)15-8-6-7-9(2)3/h9H,5-8,14H2,1-4H3,(H2,15,16,17,18). The summed E-state index contributed by atoms with van der Waals surface area (Å²) in [6.45, 7) is 9.42. The Bertz CT molecular complexity index is 376. The third-order valence-electron chi connectivity index (χ3n) is 2.90. The maximum absolute atomic E-state index is 5.47. The summed E-state index contributed by atoms with van der Waals surface area (Å²) < 4.78 is 0. The Morgan fingerprint density at radius 1 is 1.22 bits per heavy atom. The van der Waals surface area contributed by atoms with Gasteiger partial charge in [0.05, 0.1) is 0 Å². The van der Waals surface area contributed by atoms with Gasteiger partial charge in [-0.05, 0) is 25.7 Å². The molecule has 0 amide bonds. The quantitative estimate of drug-likeness (QED) is 0.394. The zero-order valence-electron chi connectivity index (χ0n) is 11.9. The zero-order chi connectivity index (χ0) is 13.5. The van der Waals surface area contributed by atoms with Gasteiger partial charge < -0.3 is 10.7 Å². The molecule has 18 heavy (non-hydrogen) atoms. The Morgan fingerprint density at radius 2 is 1.89 bits per heavy atom. The lowest BCUT2D eigenvalue weighted by molar-refractivity contribution is 0.566. The molecule has 0 aliphatic heterocycles. The third-order valence-corrected chi connectivity index (χ3v) is 2.90. The summed E-state index contributed by atoms with van der Waals surface area (Å²) in [7, 11) is 0. The van der Waals surface area contributed by atoms with Crippen LogP contribution in [0.15, 0.2) is 0 Å². The molecule has 1 heterocycles. The van der Waals surface area contributed by atoms with Crippen molar-refractivity contribution in [1.29, 1.82) is 0 Å². The third kappa shape index (κ3) is 4.14. The Kier molecular flexibility index (Phi) is 5.85. The Hall–Kier alpha value is -1.36. The lowest BCUT2D eigenvalue weighted by atomic mass is 10.1. The van der Waals surface area contributed by atoms with Crippen molar-refractivity contribution < 1.29 is 0 Å². The highest BCUT2D eigenvalue weighted by Crippen LogP contribution is 2.19. The van der Waals surface area contributed by atoms with E-state index in [0.29, 0.717) is 5.82 Å². The average Bonchev–Trinajstić information content (AvgIpc) is 2.36. The van der Waals surface area contributed by atoms with Crippen LogP contribution in [0.5, 0.6) is 0 Å². The van der Waals surface area contributed by atoms with E-state index < -0.39 is 0 Å². The molecule has 0 saturated heterocycles. The number of aryl methyl sites for hydroxylation is 1. The molecule has 0 fully saturated rings. The number of hydrogen-bond donors (Lipinski definition) is 3. The van der Waals surface area contributed by atoms with Crippen LogP contribution in [0.1, 0.15) is 45.0 Å². The van der Waals surface area contributed by atoms with Crippen molar-refractivity contribution >= 4 is 11.6 Å². The van der Waals surface area contributed by atoms with Gasteiger partial charge in [-0.3, -0.25) is 0 Å². The molecule has 0 unspecified atom stereocenters. The molecule has 0 bridgehead atoms. The second kappa shape index (κ2) is 7.16. The van der Waals surface area contributed by atoms with E-state index in [0.717, 1.165) is 42.5 Å². The van der Waals surface area contributed by atoms with Gasteiger partial charge in [0.2, 0.25) is 0 Å². The van der Waals surface area contributed by atoms with Gasteiger partial charge in [0.25, 0.3) is 0 Å². The molecule has 4 N–H and O–H groups in total. The van der Waals surface area contributed by atoms with E-state index in [-0.39, 0.29) is 0 Å². The molecule has 0 radical (unpaired) electrons. The molecular formula is C13H25N5. The number of anilines is 2. The van der Waals surface area contributed by atoms with E-state index in [1.807, 2.05) is 13.8 Å². The molecular weight excluding hydrogens is 226 g/mol. The molecule has 0 spiro atoms. The van der Waals surface area contributed by atoms with Crippen LogP contribution in [0, 0.1) is 12.8 Å². The second-order valence-corrected chi connectivity index (χ2v) is 4.92. The zero-order valence-corrected chi connectivity index (χ0v) is 11.9. The number of nitrogens with zero attached hydrogens (tertiary/aromatic N) is 2. The summed E-state index contributed by atoms with van der Waals surface area (Å²) in [6, 6.07) is 0. The van der Waals surface area contributed by atoms with Crippen molar-refractivity contribution in [2.24, 2.45) is 11.8 Å². The van der Waals surface area contributed by atoms with Crippen molar-refractivity contribution in [2.45, 2.75) is 47.0 Å². The maximum Gasteiger partial charge on any atom is 0.148 e. The topological polar surface area (TPSA) is 75.9 Å². The molecule has 0 aliphatic carbocycles. The maximum atomic E-state index is 5.47. The van der Waals surface area contributed by atoms with Crippen LogP contribution in [0.2, 0.25) is 0 Å². The van der Waals surface area contributed by atoms with Crippen LogP contribution < -0.4 is 16.6 Å². The first-order valence-corrected chi connectivity index (χ1v) is 6.66. The molecule has 5 heteroatoms. The van der Waals surface area contributed by atoms with E-state index in [9.17, 15) is 0 Å². The molecule has 0 saturated carbocycles. The lowest BCUT2D eigenvalue weighted by Crippen LogP contribution is -2.15. The summed E-state index contributed by atoms with van der Waals surface area (Å²) >= 11 is 0. The van der Waals surface area contributed by atoms with Crippen LogP contribution in [-0.4, -0.2) is 16.5 Å². The molecule has 1 aromatic heterocycles. The summed E-state index contributed by atoms with van der Waals surface area (Å²) in [5.41, 5.74) is 3.60. The minimum Gasteiger partial charge on any atom is -0.370 e. The Labute approximate surface area is 110 Å². The van der Waals surface area contributed by atoms with Gasteiger partial charge in [0.1, 0.15) is 17.5 Å². The van der Waals surface area contributed by atoms with Crippen LogP contribution in [0.3, 0.4) is 0 Å². The molecule has 0 atom stereocenters. The van der Waals surface area contributed by atoms with Gasteiger partial charge in [-0.2, -0.15) is 0 Å². The van der Waals surface area contributed by atoms with Crippen LogP contribution in [-0.2, 0) is 6.42 Å². The Balaban J connectivity index is 2.68. The normalized spacial score (nSPS) is 10.8. The van der Waals surface area contributed by atoms with Crippen molar-refractivity contribution in [3.63, 3.8) is 0 Å². The minimum atomic E-state index is 0.702. The number of hydrazine groups is 1. The predicted molar refractivity (Wildman–Crippen MR) is 76.5 cm³/mol. The van der Waals surface area contributed by atoms with Crippen LogP contribution >= 0.6 is 0 Å². The minimum absolute atomic E-state index is 0.702. The SMILES string of the molecule is CCc1nc(NN)c(C)c(NCCCC(C)C)n1. The summed E-state index contributed by atoms with van der Waals surface area (Å²) in [6.07, 6.45) is 3.17. The number of nitrogens with two attached hydrogens (primary N) is 1. The van der Waals surface area contributed by atoms with Gasteiger partial charge in [-0.1, -0.05) is 20.8 Å². The van der Waals surface area contributed by atoms with Gasteiger partial charge in [0.15, 0.2) is 0 Å². The van der Waals surface area contributed by atoms with Crippen LogP contribution in [0.25, 0.3) is 0 Å². The lowest BCUT2D eigenvalue weighted by Gasteiger charge is -2.13. The molecule has 102 valence electrons. The number of nitrogen functional groups attached to an aromatic ring is 1. The molecule has 0 aliphatic rings. The molecule has 1 aromatic rings. The van der Waals surface area contributed by atoms with Gasteiger partial charge in [-0.25, -0.2) is 15.8 Å². The number of aromatic nitrogens is 2. The van der Waals surface area contributed by atoms with E-state index >= 15 is 0 Å². The van der Waals surface area contributed by atoms with Gasteiger partial charge in [-0.15, -0.1) is 0 Å². The first-order chi connectivity index (χ1) is 8.58. The highest BCUT2D eigenvalue weighted by atomic mass is 15.3. The highest BCUT2D eigenvalue weighted by molar-refractivity contribution is 5.56. The van der Waals surface area contributed by atoms with Crippen molar-refractivity contribution in [3.8, 4) is 0 Å². The highest BCUT2D eigenvalue weighted by Gasteiger charge is 2.08. The monoisotopic (exact) mass is 251 g/mol. The smallest absolute Gasteiger partial charge is 0.148 e. The van der Waals surface area contributed by atoms with E-state index in [2.05, 4.69) is 34.6 Å². The van der Waals surface area contributed by atoms with E-state index in [1.54, 1.807) is 0 Å². The van der Waals surface area contributed by atoms with Crippen LogP contribution in [0.4, 0.5) is 11.6 Å². The number of rotatable bonds is 7. The molecule has 5 nitrogen and oxygen atoms in total. The summed E-state index contributed by atoms with van der Waals surface area (Å²) in [5, 5.41) is 3.37. The largest absolute Gasteiger partial charge is 0.370 e. The second-order valence-electron chi connectivity index (χ2n) is 4.92. The van der Waals surface area contributed by atoms with E-state index in [1.165, 1.54) is 6.42 Å². The van der Waals surface area contributed by atoms with Crippen molar-refractivity contribution in [3.05, 3.63) is 11.4 Å². The van der Waals surface area contributed by atoms with Gasteiger partial charge in [0, 0.05) is 18.5 Å². The Morgan fingerprint density at radius 3 is 2.44 bits per heavy atom. The average molecular weight is 251 g/mol. The van der Waals surface area contributed by atoms with Crippen molar-refractivity contribution in [1.82, 2.24) is 9.97 Å². The molecule has 1 rings (SSSR count). The summed E-state index contributed by atoms with van der Waals surface area (Å²) in [5.74, 6) is 8.61. The number of hydrogen-bond acceptors (Lipinski definition) is 5. The fourth-order valence-corrected chi connectivity index (χ4v) is 1.75.